The number of rotatable bonds is 64. The van der Waals surface area contributed by atoms with Gasteiger partial charge in [-0.25, -0.2) is 0 Å². The molecule has 9 heteroatoms. The first kappa shape index (κ1) is 86.9. The second kappa shape index (κ2) is 71.7. The Balaban J connectivity index is 4.24. The number of carbonyl (C=O) groups excluding carboxylic acids is 3. The van der Waals surface area contributed by atoms with Gasteiger partial charge in [-0.15, -0.1) is 0 Å². The number of nitrogens with zero attached hydrogens (tertiary/aromatic N) is 1. The zero-order valence-electron chi connectivity index (χ0n) is 59.3. The first-order valence-electron chi connectivity index (χ1n) is 36.2. The van der Waals surface area contributed by atoms with E-state index in [0.717, 1.165) is 161 Å². The quantitative estimate of drug-likeness (QED) is 0.0195. The van der Waals surface area contributed by atoms with Crippen LogP contribution in [0.1, 0.15) is 245 Å². The molecule has 0 bridgehead atoms. The molecule has 0 fully saturated rings. The van der Waals surface area contributed by atoms with Crippen LogP contribution < -0.4 is 5.11 Å². The number of carboxylic acids is 1. The summed E-state index contributed by atoms with van der Waals surface area (Å²) in [5.41, 5.74) is 0. The Morgan fingerprint density at radius 1 is 0.323 bits per heavy atom. The maximum absolute atomic E-state index is 12.9. The van der Waals surface area contributed by atoms with Crippen LogP contribution in [0.15, 0.2) is 207 Å². The minimum absolute atomic E-state index is 0.132. The lowest BCUT2D eigenvalue weighted by Gasteiger charge is -2.26. The highest BCUT2D eigenvalue weighted by atomic mass is 16.7. The highest BCUT2D eigenvalue weighted by Crippen LogP contribution is 2.15. The average molecular weight is 1280 g/mol. The molecule has 0 amide bonds. The molecule has 0 aliphatic carbocycles. The third kappa shape index (κ3) is 73.1. The summed E-state index contributed by atoms with van der Waals surface area (Å²) in [7, 11) is 5.91. The Morgan fingerprint density at radius 3 is 0.860 bits per heavy atom. The summed E-state index contributed by atoms with van der Waals surface area (Å²) in [5.74, 6) is -2.33. The second-order valence-corrected chi connectivity index (χ2v) is 24.4. The van der Waals surface area contributed by atoms with E-state index in [0.29, 0.717) is 23.9 Å². The molecule has 0 heterocycles. The Labute approximate surface area is 569 Å². The van der Waals surface area contributed by atoms with Gasteiger partial charge in [-0.1, -0.05) is 291 Å². The van der Waals surface area contributed by atoms with E-state index in [2.05, 4.69) is 220 Å². The van der Waals surface area contributed by atoms with Gasteiger partial charge in [0.15, 0.2) is 12.4 Å². The molecular formula is C84H131NO8. The highest BCUT2D eigenvalue weighted by molar-refractivity contribution is 5.70. The van der Waals surface area contributed by atoms with Gasteiger partial charge in [-0.3, -0.25) is 9.59 Å². The van der Waals surface area contributed by atoms with Crippen molar-refractivity contribution < 1.29 is 42.9 Å². The standard InChI is InChI=1S/C84H131NO8/c1-6-8-10-12-14-16-18-20-22-24-26-28-30-32-34-36-37-38-39-40-41-42-43-44-45-47-49-51-53-55-57-59-61-63-65-67-69-71-73-75-82(87)93-80(79-92-84(83(88)89)90-77-76-85(3,4)5)78-91-81(86)74-72-70-68-66-64-62-60-58-56-54-52-50-48-46-35-33-31-29-27-25-23-21-19-17-15-13-11-9-7-2/h8-11,14-17,20-23,26-29,32-35,37-38,40-41,43-44,47-50,53-56,80,84H,6-7,12-13,18-19,24-25,30-31,36,39,42,45-46,51-52,57-79H2,1-5H3/b10-8-,11-9-,16-14-,17-15-,22-20-,23-21-,28-26-,29-27-,34-32-,35-33-,38-37-,41-40-,44-43-,49-47-,50-48-,55-53-,56-54-. The van der Waals surface area contributed by atoms with Crippen molar-refractivity contribution in [2.75, 3.05) is 47.5 Å². The lowest BCUT2D eigenvalue weighted by molar-refractivity contribution is -0.870. The number of aliphatic carboxylic acids is 1. The molecule has 0 rings (SSSR count). The fraction of sp³-hybridized carbons (Fsp3) is 0.560. The third-order valence-corrected chi connectivity index (χ3v) is 14.5. The number of unbranched alkanes of at least 4 members (excludes halogenated alkanes) is 15. The van der Waals surface area contributed by atoms with Gasteiger partial charge in [0.05, 0.1) is 40.3 Å². The smallest absolute Gasteiger partial charge is 0.306 e. The van der Waals surface area contributed by atoms with Crippen LogP contribution in [0.5, 0.6) is 0 Å². The fourth-order valence-corrected chi connectivity index (χ4v) is 9.07. The van der Waals surface area contributed by atoms with E-state index in [1.54, 1.807) is 0 Å². The molecule has 0 aliphatic heterocycles. The van der Waals surface area contributed by atoms with Gasteiger partial charge in [0, 0.05) is 12.8 Å². The molecule has 2 atom stereocenters. The Kier molecular flexibility index (Phi) is 67.0. The molecule has 0 spiro atoms. The van der Waals surface area contributed by atoms with E-state index in [1.165, 1.54) is 44.9 Å². The molecule has 0 aromatic rings. The summed E-state index contributed by atoms with van der Waals surface area (Å²) in [4.78, 5) is 37.5. The van der Waals surface area contributed by atoms with E-state index in [4.69, 9.17) is 18.9 Å². The summed E-state index contributed by atoms with van der Waals surface area (Å²) in [6.45, 7) is 4.47. The van der Waals surface area contributed by atoms with E-state index >= 15 is 0 Å². The normalized spacial score (nSPS) is 13.9. The van der Waals surface area contributed by atoms with Crippen molar-refractivity contribution in [1.29, 1.82) is 0 Å². The topological polar surface area (TPSA) is 111 Å². The van der Waals surface area contributed by atoms with Gasteiger partial charge in [-0.2, -0.15) is 0 Å². The van der Waals surface area contributed by atoms with Crippen molar-refractivity contribution in [1.82, 2.24) is 0 Å². The van der Waals surface area contributed by atoms with E-state index < -0.39 is 24.3 Å². The van der Waals surface area contributed by atoms with Crippen LogP contribution in [0.4, 0.5) is 0 Å². The molecule has 0 aromatic heterocycles. The Hall–Kier alpha value is -6.13. The summed E-state index contributed by atoms with van der Waals surface area (Å²) in [5, 5.41) is 11.8. The molecule has 0 aliphatic rings. The van der Waals surface area contributed by atoms with Crippen molar-refractivity contribution in [3.05, 3.63) is 207 Å². The first-order valence-corrected chi connectivity index (χ1v) is 36.2. The van der Waals surface area contributed by atoms with Crippen LogP contribution in [0.3, 0.4) is 0 Å². The molecule has 93 heavy (non-hydrogen) atoms. The average Bonchev–Trinajstić information content (AvgIpc) is 3.38. The number of hydrogen-bond donors (Lipinski definition) is 0. The van der Waals surface area contributed by atoms with Crippen molar-refractivity contribution in [3.63, 3.8) is 0 Å². The summed E-state index contributed by atoms with van der Waals surface area (Å²) >= 11 is 0. The largest absolute Gasteiger partial charge is 0.545 e. The zero-order valence-corrected chi connectivity index (χ0v) is 59.3. The van der Waals surface area contributed by atoms with Gasteiger partial charge in [0.25, 0.3) is 0 Å². The number of hydrogen-bond acceptors (Lipinski definition) is 8. The first-order chi connectivity index (χ1) is 45.6. The summed E-state index contributed by atoms with van der Waals surface area (Å²) in [6, 6.07) is 0. The van der Waals surface area contributed by atoms with Crippen molar-refractivity contribution in [3.8, 4) is 0 Å². The van der Waals surface area contributed by atoms with Crippen molar-refractivity contribution in [2.45, 2.75) is 257 Å². The fourth-order valence-electron chi connectivity index (χ4n) is 9.07. The van der Waals surface area contributed by atoms with Crippen LogP contribution in [0.2, 0.25) is 0 Å². The maximum atomic E-state index is 12.9. The maximum Gasteiger partial charge on any atom is 0.306 e. The highest BCUT2D eigenvalue weighted by Gasteiger charge is 2.22. The molecule has 520 valence electrons. The molecule has 2 unspecified atom stereocenters. The number of quaternary nitrogens is 1. The molecule has 0 saturated heterocycles. The number of carbonyl (C=O) groups is 3. The summed E-state index contributed by atoms with van der Waals surface area (Å²) < 4.78 is 22.8. The van der Waals surface area contributed by atoms with Gasteiger partial charge < -0.3 is 33.3 Å². The predicted octanol–water partition coefficient (Wildman–Crippen LogP) is 21.8. The van der Waals surface area contributed by atoms with Crippen molar-refractivity contribution >= 4 is 17.9 Å². The minimum atomic E-state index is -1.64. The monoisotopic (exact) mass is 1280 g/mol. The molecule has 0 radical (unpaired) electrons. The van der Waals surface area contributed by atoms with E-state index in [-0.39, 0.29) is 38.6 Å². The number of ether oxygens (including phenoxy) is 4. The van der Waals surface area contributed by atoms with Gasteiger partial charge >= 0.3 is 11.9 Å². The molecular weight excluding hydrogens is 1150 g/mol. The Morgan fingerprint density at radius 2 is 0.581 bits per heavy atom. The second-order valence-electron chi connectivity index (χ2n) is 24.4. The van der Waals surface area contributed by atoms with Crippen LogP contribution in [0, 0.1) is 0 Å². The molecule has 0 aromatic carbocycles. The van der Waals surface area contributed by atoms with Crippen LogP contribution in [-0.2, 0) is 33.3 Å². The van der Waals surface area contributed by atoms with Gasteiger partial charge in [-0.05, 0) is 148 Å². The Bertz CT molecular complexity index is 2280. The lowest BCUT2D eigenvalue weighted by Crippen LogP contribution is -2.44. The van der Waals surface area contributed by atoms with Gasteiger partial charge in [0.1, 0.15) is 13.2 Å². The molecule has 9 nitrogen and oxygen atoms in total. The van der Waals surface area contributed by atoms with Crippen LogP contribution in [-0.4, -0.2) is 82.3 Å². The number of likely N-dealkylation sites (N-methyl/N-ethyl adjacent to an activating group) is 1. The summed E-state index contributed by atoms with van der Waals surface area (Å²) in [6.07, 6.45) is 109. The number of carboxylic acid groups (broad SMARTS) is 1. The third-order valence-electron chi connectivity index (χ3n) is 14.5. The minimum Gasteiger partial charge on any atom is -0.545 e. The number of allylic oxidation sites excluding steroid dienone is 34. The van der Waals surface area contributed by atoms with Gasteiger partial charge in [0.2, 0.25) is 0 Å². The van der Waals surface area contributed by atoms with Crippen LogP contribution in [0.25, 0.3) is 0 Å². The SMILES string of the molecule is CC/C=C\C/C=C\C/C=C\C/C=C\C/C=C\C/C=C\C/C=C\C/C=C\C/C=C\C/C=C\CCCCCCCCCCC(=O)OC(COC(=O)CCCCCCCCC/C=C\C/C=C\C/C=C\C/C=C\C/C=C\C/C=C\C/C=C\CC)COC(OCC[N+](C)(C)C)C(=O)[O-]. The number of esters is 2. The molecule has 0 saturated carbocycles. The lowest BCUT2D eigenvalue weighted by atomic mass is 10.1. The van der Waals surface area contributed by atoms with E-state index in [9.17, 15) is 19.5 Å². The predicted molar refractivity (Wildman–Crippen MR) is 397 cm³/mol. The van der Waals surface area contributed by atoms with Crippen LogP contribution >= 0.6 is 0 Å². The van der Waals surface area contributed by atoms with E-state index in [1.807, 2.05) is 21.1 Å². The zero-order chi connectivity index (χ0) is 67.5. The van der Waals surface area contributed by atoms with Crippen molar-refractivity contribution in [2.24, 2.45) is 0 Å². The molecule has 0 N–H and O–H groups in total.